The number of carbonyl (C=O) groups excluding carboxylic acids is 1. The third-order valence-electron chi connectivity index (χ3n) is 2.92. The van der Waals surface area contributed by atoms with Crippen LogP contribution < -0.4 is 0 Å². The van der Waals surface area contributed by atoms with E-state index in [1.54, 1.807) is 25.2 Å². The van der Waals surface area contributed by atoms with Gasteiger partial charge in [-0.25, -0.2) is 4.79 Å². The maximum absolute atomic E-state index is 11.9. The molecule has 2 aromatic rings. The number of benzene rings is 2. The Balaban J connectivity index is 1.88. The summed E-state index contributed by atoms with van der Waals surface area (Å²) in [4.78, 5) is 13.3. The van der Waals surface area contributed by atoms with Crippen molar-refractivity contribution in [1.82, 2.24) is 4.90 Å². The molecule has 0 aliphatic carbocycles. The number of aromatic hydroxyl groups is 1. The molecule has 0 saturated heterocycles. The minimum atomic E-state index is -0.419. The van der Waals surface area contributed by atoms with Crippen molar-refractivity contribution in [2.75, 3.05) is 7.05 Å². The molecule has 2 aromatic carbocycles. The lowest BCUT2D eigenvalue weighted by molar-refractivity contribution is 0.102. The van der Waals surface area contributed by atoms with E-state index in [0.717, 1.165) is 5.56 Å². The first-order valence-corrected chi connectivity index (χ1v) is 6.35. The molecule has 0 aliphatic rings. The molecule has 0 spiro atoms. The Morgan fingerprint density at radius 2 is 1.75 bits per heavy atom. The predicted octanol–water partition coefficient (Wildman–Crippen LogP) is 3.16. The average molecular weight is 271 g/mol. The number of amides is 1. The van der Waals surface area contributed by atoms with E-state index >= 15 is 0 Å². The largest absolute Gasteiger partial charge is 0.508 e. The van der Waals surface area contributed by atoms with Gasteiger partial charge in [-0.15, -0.1) is 0 Å². The molecule has 0 fully saturated rings. The number of rotatable bonds is 4. The molecule has 20 heavy (non-hydrogen) atoms. The van der Waals surface area contributed by atoms with Gasteiger partial charge in [0.2, 0.25) is 0 Å². The summed E-state index contributed by atoms with van der Waals surface area (Å²) in [6.07, 6.45) is -0.419. The zero-order valence-electron chi connectivity index (χ0n) is 11.3. The first-order chi connectivity index (χ1) is 9.66. The molecule has 2 rings (SSSR count). The molecule has 104 valence electrons. The molecule has 0 unspecified atom stereocenters. The van der Waals surface area contributed by atoms with Crippen LogP contribution in [0.25, 0.3) is 0 Å². The van der Waals surface area contributed by atoms with Gasteiger partial charge in [-0.3, -0.25) is 0 Å². The molecule has 0 atom stereocenters. The van der Waals surface area contributed by atoms with E-state index in [9.17, 15) is 9.90 Å². The van der Waals surface area contributed by atoms with E-state index in [0.29, 0.717) is 12.1 Å². The highest BCUT2D eigenvalue weighted by atomic mass is 16.6. The second-order valence-corrected chi connectivity index (χ2v) is 4.52. The second kappa shape index (κ2) is 6.61. The van der Waals surface area contributed by atoms with Crippen molar-refractivity contribution in [2.45, 2.75) is 13.2 Å². The minimum Gasteiger partial charge on any atom is -0.508 e. The van der Waals surface area contributed by atoms with Gasteiger partial charge in [-0.05, 0) is 11.6 Å². The molecule has 0 radical (unpaired) electrons. The van der Waals surface area contributed by atoms with Crippen molar-refractivity contribution >= 4 is 6.09 Å². The van der Waals surface area contributed by atoms with Crippen molar-refractivity contribution in [2.24, 2.45) is 0 Å². The number of para-hydroxylation sites is 1. The van der Waals surface area contributed by atoms with Crippen LogP contribution in [0.3, 0.4) is 0 Å². The Hall–Kier alpha value is -2.49. The quantitative estimate of drug-likeness (QED) is 0.929. The standard InChI is InChI=1S/C16H17NO3/c1-17(11-14-9-5-6-10-15(14)18)16(19)20-12-13-7-3-2-4-8-13/h2-10,18H,11-12H2,1H3. The van der Waals surface area contributed by atoms with Gasteiger partial charge in [-0.2, -0.15) is 0 Å². The first kappa shape index (κ1) is 13.9. The number of nitrogens with zero attached hydrogens (tertiary/aromatic N) is 1. The van der Waals surface area contributed by atoms with Crippen LogP contribution in [-0.4, -0.2) is 23.1 Å². The molecule has 0 aliphatic heterocycles. The molecular formula is C16H17NO3. The SMILES string of the molecule is CN(Cc1ccccc1O)C(=O)OCc1ccccc1. The van der Waals surface area contributed by atoms with Crippen LogP contribution in [0.5, 0.6) is 5.75 Å². The van der Waals surface area contributed by atoms with Gasteiger partial charge in [0, 0.05) is 12.6 Å². The number of hydrogen-bond donors (Lipinski definition) is 1. The minimum absolute atomic E-state index is 0.176. The summed E-state index contributed by atoms with van der Waals surface area (Å²) in [5, 5.41) is 9.67. The number of carbonyl (C=O) groups is 1. The Bertz CT molecular complexity index is 569. The van der Waals surface area contributed by atoms with Crippen LogP contribution in [0.4, 0.5) is 4.79 Å². The molecule has 4 nitrogen and oxygen atoms in total. The van der Waals surface area contributed by atoms with Crippen LogP contribution >= 0.6 is 0 Å². The molecule has 0 heterocycles. The van der Waals surface area contributed by atoms with Crippen LogP contribution in [0.2, 0.25) is 0 Å². The van der Waals surface area contributed by atoms with Gasteiger partial charge in [0.1, 0.15) is 12.4 Å². The number of phenols is 1. The fourth-order valence-electron chi connectivity index (χ4n) is 1.79. The van der Waals surface area contributed by atoms with E-state index < -0.39 is 6.09 Å². The zero-order valence-corrected chi connectivity index (χ0v) is 11.3. The molecule has 4 heteroatoms. The van der Waals surface area contributed by atoms with Crippen molar-refractivity contribution in [3.05, 3.63) is 65.7 Å². The Morgan fingerprint density at radius 1 is 1.10 bits per heavy atom. The summed E-state index contributed by atoms with van der Waals surface area (Å²) in [5.74, 6) is 0.176. The lowest BCUT2D eigenvalue weighted by atomic mass is 10.2. The van der Waals surface area contributed by atoms with Crippen LogP contribution in [0, 0.1) is 0 Å². The molecule has 0 bridgehead atoms. The summed E-state index contributed by atoms with van der Waals surface area (Å²) in [6, 6.07) is 16.4. The Labute approximate surface area is 118 Å². The van der Waals surface area contributed by atoms with Crippen LogP contribution in [0.1, 0.15) is 11.1 Å². The molecule has 1 amide bonds. The highest BCUT2D eigenvalue weighted by Crippen LogP contribution is 2.17. The summed E-state index contributed by atoms with van der Waals surface area (Å²) < 4.78 is 5.21. The van der Waals surface area contributed by atoms with Crippen molar-refractivity contribution in [3.63, 3.8) is 0 Å². The molecule has 0 saturated carbocycles. The van der Waals surface area contributed by atoms with Gasteiger partial charge < -0.3 is 14.7 Å². The van der Waals surface area contributed by atoms with E-state index in [4.69, 9.17) is 4.74 Å². The van der Waals surface area contributed by atoms with Crippen LogP contribution in [0.15, 0.2) is 54.6 Å². The average Bonchev–Trinajstić information content (AvgIpc) is 2.48. The number of phenolic OH excluding ortho intramolecular Hbond substituents is 1. The van der Waals surface area contributed by atoms with E-state index in [2.05, 4.69) is 0 Å². The summed E-state index contributed by atoms with van der Waals surface area (Å²) in [5.41, 5.74) is 1.63. The van der Waals surface area contributed by atoms with Crippen LogP contribution in [-0.2, 0) is 17.9 Å². The van der Waals surface area contributed by atoms with E-state index in [1.165, 1.54) is 4.90 Å². The van der Waals surface area contributed by atoms with E-state index in [-0.39, 0.29) is 12.4 Å². The fourth-order valence-corrected chi connectivity index (χ4v) is 1.79. The third kappa shape index (κ3) is 3.75. The third-order valence-corrected chi connectivity index (χ3v) is 2.92. The monoisotopic (exact) mass is 271 g/mol. The smallest absolute Gasteiger partial charge is 0.410 e. The van der Waals surface area contributed by atoms with Gasteiger partial charge in [0.15, 0.2) is 0 Å². The second-order valence-electron chi connectivity index (χ2n) is 4.52. The first-order valence-electron chi connectivity index (χ1n) is 6.35. The number of hydrogen-bond acceptors (Lipinski definition) is 3. The Morgan fingerprint density at radius 3 is 2.45 bits per heavy atom. The fraction of sp³-hybridized carbons (Fsp3) is 0.188. The van der Waals surface area contributed by atoms with E-state index in [1.807, 2.05) is 36.4 Å². The maximum Gasteiger partial charge on any atom is 0.410 e. The van der Waals surface area contributed by atoms with Gasteiger partial charge in [0.05, 0.1) is 6.54 Å². The highest BCUT2D eigenvalue weighted by Gasteiger charge is 2.12. The maximum atomic E-state index is 11.9. The van der Waals surface area contributed by atoms with Gasteiger partial charge in [0.25, 0.3) is 0 Å². The van der Waals surface area contributed by atoms with Gasteiger partial charge in [-0.1, -0.05) is 48.5 Å². The Kier molecular flexibility index (Phi) is 4.60. The lowest BCUT2D eigenvalue weighted by Crippen LogP contribution is -2.26. The lowest BCUT2D eigenvalue weighted by Gasteiger charge is -2.17. The molecule has 1 N–H and O–H groups in total. The predicted molar refractivity (Wildman–Crippen MR) is 76.2 cm³/mol. The summed E-state index contributed by atoms with van der Waals surface area (Å²) in [7, 11) is 1.64. The normalized spacial score (nSPS) is 10.1. The molecular weight excluding hydrogens is 254 g/mol. The summed E-state index contributed by atoms with van der Waals surface area (Å²) >= 11 is 0. The van der Waals surface area contributed by atoms with Gasteiger partial charge >= 0.3 is 6.09 Å². The summed E-state index contributed by atoms with van der Waals surface area (Å²) in [6.45, 7) is 0.547. The molecule has 0 aromatic heterocycles. The van der Waals surface area contributed by atoms with Crippen molar-refractivity contribution < 1.29 is 14.6 Å². The zero-order chi connectivity index (χ0) is 14.4. The highest BCUT2D eigenvalue weighted by molar-refractivity contribution is 5.67. The topological polar surface area (TPSA) is 49.8 Å². The van der Waals surface area contributed by atoms with Crippen molar-refractivity contribution in [1.29, 1.82) is 0 Å². The van der Waals surface area contributed by atoms with Crippen molar-refractivity contribution in [3.8, 4) is 5.75 Å². The number of ether oxygens (including phenoxy) is 1.